The predicted molar refractivity (Wildman–Crippen MR) is 45.0 cm³/mol. The molecule has 1 unspecified atom stereocenters. The summed E-state index contributed by atoms with van der Waals surface area (Å²) in [6, 6.07) is 3.82. The lowest BCUT2D eigenvalue weighted by atomic mass is 10.3. The predicted octanol–water partition coefficient (Wildman–Crippen LogP) is 2.25. The van der Waals surface area contributed by atoms with E-state index in [1.165, 1.54) is 0 Å². The molecule has 0 aromatic carbocycles. The molecule has 0 aliphatic heterocycles. The maximum Gasteiger partial charge on any atom is 0.169 e. The van der Waals surface area contributed by atoms with Crippen LogP contribution >= 0.6 is 15.9 Å². The molecule has 1 atom stereocenters. The van der Waals surface area contributed by atoms with Crippen LogP contribution in [0.2, 0.25) is 0 Å². The van der Waals surface area contributed by atoms with E-state index in [-0.39, 0.29) is 6.04 Å². The first-order valence-corrected chi connectivity index (χ1v) is 4.07. The average molecular weight is 220 g/mol. The molecule has 0 amide bonds. The van der Waals surface area contributed by atoms with Gasteiger partial charge in [0.25, 0.3) is 0 Å². The van der Waals surface area contributed by atoms with Crippen molar-refractivity contribution in [3.8, 4) is 0 Å². The number of hydrogen-bond donors (Lipinski definition) is 1. The van der Waals surface area contributed by atoms with E-state index in [1.54, 1.807) is 7.11 Å². The highest BCUT2D eigenvalue weighted by atomic mass is 79.9. The minimum atomic E-state index is 0.0753. The molecule has 0 bridgehead atoms. The Kier molecular flexibility index (Phi) is 3.11. The molecule has 0 fully saturated rings. The highest BCUT2D eigenvalue weighted by Crippen LogP contribution is 2.19. The van der Waals surface area contributed by atoms with E-state index in [1.807, 2.05) is 19.1 Å². The van der Waals surface area contributed by atoms with Gasteiger partial charge >= 0.3 is 0 Å². The van der Waals surface area contributed by atoms with Crippen LogP contribution < -0.4 is 5.48 Å². The Morgan fingerprint density at radius 2 is 2.36 bits per heavy atom. The lowest BCUT2D eigenvalue weighted by molar-refractivity contribution is 0.0592. The zero-order valence-electron chi connectivity index (χ0n) is 6.43. The summed E-state index contributed by atoms with van der Waals surface area (Å²) < 4.78 is 6.01. The average Bonchev–Trinajstić information content (AvgIpc) is 2.36. The second-order valence-electron chi connectivity index (χ2n) is 2.19. The topological polar surface area (TPSA) is 34.4 Å². The first kappa shape index (κ1) is 8.77. The molecule has 1 heterocycles. The minimum absolute atomic E-state index is 0.0753. The summed E-state index contributed by atoms with van der Waals surface area (Å²) in [5, 5.41) is 0. The molecule has 62 valence electrons. The summed E-state index contributed by atoms with van der Waals surface area (Å²) in [6.45, 7) is 1.95. The SMILES string of the molecule is CONC(C)c1ccc(Br)o1. The van der Waals surface area contributed by atoms with Crippen molar-refractivity contribution in [3.63, 3.8) is 0 Å². The molecule has 0 saturated heterocycles. The van der Waals surface area contributed by atoms with Crippen molar-refractivity contribution in [1.29, 1.82) is 0 Å². The quantitative estimate of drug-likeness (QED) is 0.793. The Balaban J connectivity index is 2.60. The summed E-state index contributed by atoms with van der Waals surface area (Å²) in [6.07, 6.45) is 0. The van der Waals surface area contributed by atoms with Crippen molar-refractivity contribution >= 4 is 15.9 Å². The van der Waals surface area contributed by atoms with Crippen LogP contribution in [0, 0.1) is 0 Å². The fourth-order valence-corrected chi connectivity index (χ4v) is 1.11. The maximum absolute atomic E-state index is 5.27. The van der Waals surface area contributed by atoms with E-state index >= 15 is 0 Å². The number of hydroxylamine groups is 1. The van der Waals surface area contributed by atoms with Crippen molar-refractivity contribution in [2.24, 2.45) is 0 Å². The van der Waals surface area contributed by atoms with E-state index in [0.29, 0.717) is 0 Å². The Bertz CT molecular complexity index is 224. The van der Waals surface area contributed by atoms with Gasteiger partial charge in [0.1, 0.15) is 5.76 Å². The molecule has 1 aromatic heterocycles. The number of furan rings is 1. The van der Waals surface area contributed by atoms with Crippen LogP contribution in [-0.2, 0) is 4.84 Å². The van der Waals surface area contributed by atoms with Crippen LogP contribution in [0.25, 0.3) is 0 Å². The fourth-order valence-electron chi connectivity index (χ4n) is 0.796. The highest BCUT2D eigenvalue weighted by Gasteiger charge is 2.07. The van der Waals surface area contributed by atoms with E-state index in [9.17, 15) is 0 Å². The molecular formula is C7H10BrNO2. The van der Waals surface area contributed by atoms with Gasteiger partial charge in [-0.3, -0.25) is 0 Å². The molecule has 0 aliphatic carbocycles. The molecule has 0 radical (unpaired) electrons. The lowest BCUT2D eigenvalue weighted by Gasteiger charge is -2.07. The van der Waals surface area contributed by atoms with Gasteiger partial charge in [-0.1, -0.05) is 0 Å². The summed E-state index contributed by atoms with van der Waals surface area (Å²) in [5.74, 6) is 0.846. The molecule has 11 heavy (non-hydrogen) atoms. The number of halogens is 1. The largest absolute Gasteiger partial charge is 0.453 e. The van der Waals surface area contributed by atoms with Gasteiger partial charge in [-0.25, -0.2) is 0 Å². The van der Waals surface area contributed by atoms with Crippen molar-refractivity contribution in [1.82, 2.24) is 5.48 Å². The van der Waals surface area contributed by atoms with Gasteiger partial charge < -0.3 is 9.25 Å². The monoisotopic (exact) mass is 219 g/mol. The molecule has 0 aliphatic rings. The summed E-state index contributed by atoms with van der Waals surface area (Å²) in [5.41, 5.74) is 2.76. The van der Waals surface area contributed by atoms with Gasteiger partial charge in [-0.05, 0) is 35.0 Å². The normalized spacial score (nSPS) is 13.4. The van der Waals surface area contributed by atoms with Crippen LogP contribution in [0.1, 0.15) is 18.7 Å². The molecule has 3 nitrogen and oxygen atoms in total. The Labute approximate surface area is 73.8 Å². The van der Waals surface area contributed by atoms with E-state index in [4.69, 9.17) is 9.25 Å². The molecule has 4 heteroatoms. The highest BCUT2D eigenvalue weighted by molar-refractivity contribution is 9.10. The zero-order valence-corrected chi connectivity index (χ0v) is 8.01. The van der Waals surface area contributed by atoms with Gasteiger partial charge in [-0.2, -0.15) is 5.48 Å². The van der Waals surface area contributed by atoms with Crippen molar-refractivity contribution < 1.29 is 9.25 Å². The van der Waals surface area contributed by atoms with Crippen LogP contribution in [0.4, 0.5) is 0 Å². The third-order valence-corrected chi connectivity index (χ3v) is 1.74. The standard InChI is InChI=1S/C7H10BrNO2/c1-5(9-10-2)6-3-4-7(8)11-6/h3-5,9H,1-2H3. The number of hydrogen-bond acceptors (Lipinski definition) is 3. The van der Waals surface area contributed by atoms with E-state index in [0.717, 1.165) is 10.4 Å². The van der Waals surface area contributed by atoms with Gasteiger partial charge in [0, 0.05) is 0 Å². The summed E-state index contributed by atoms with van der Waals surface area (Å²) in [7, 11) is 1.58. The summed E-state index contributed by atoms with van der Waals surface area (Å²) in [4.78, 5) is 4.74. The van der Waals surface area contributed by atoms with Crippen LogP contribution in [0.5, 0.6) is 0 Å². The second-order valence-corrected chi connectivity index (χ2v) is 2.97. The van der Waals surface area contributed by atoms with Crippen molar-refractivity contribution in [3.05, 3.63) is 22.6 Å². The van der Waals surface area contributed by atoms with Gasteiger partial charge in [0.15, 0.2) is 4.67 Å². The van der Waals surface area contributed by atoms with Crippen LogP contribution in [-0.4, -0.2) is 7.11 Å². The van der Waals surface area contributed by atoms with E-state index in [2.05, 4.69) is 21.4 Å². The maximum atomic E-state index is 5.27. The lowest BCUT2D eigenvalue weighted by Crippen LogP contribution is -2.15. The zero-order chi connectivity index (χ0) is 8.27. The first-order chi connectivity index (χ1) is 5.24. The Morgan fingerprint density at radius 1 is 1.64 bits per heavy atom. The first-order valence-electron chi connectivity index (χ1n) is 3.27. The van der Waals surface area contributed by atoms with Crippen molar-refractivity contribution in [2.75, 3.05) is 7.11 Å². The van der Waals surface area contributed by atoms with Crippen molar-refractivity contribution in [2.45, 2.75) is 13.0 Å². The molecule has 1 aromatic rings. The second kappa shape index (κ2) is 3.90. The Morgan fingerprint density at radius 3 is 2.82 bits per heavy atom. The third kappa shape index (κ3) is 2.32. The third-order valence-electron chi connectivity index (χ3n) is 1.32. The summed E-state index contributed by atoms with van der Waals surface area (Å²) >= 11 is 3.22. The van der Waals surface area contributed by atoms with Gasteiger partial charge in [0.2, 0.25) is 0 Å². The molecule has 1 rings (SSSR count). The molecule has 0 saturated carbocycles. The number of nitrogens with one attached hydrogen (secondary N) is 1. The minimum Gasteiger partial charge on any atom is -0.453 e. The molecule has 0 spiro atoms. The smallest absolute Gasteiger partial charge is 0.169 e. The van der Waals surface area contributed by atoms with Crippen LogP contribution in [0.15, 0.2) is 21.2 Å². The number of rotatable bonds is 3. The fraction of sp³-hybridized carbons (Fsp3) is 0.429. The van der Waals surface area contributed by atoms with Gasteiger partial charge in [-0.15, -0.1) is 0 Å². The molecule has 1 N–H and O–H groups in total. The Hall–Kier alpha value is -0.320. The van der Waals surface area contributed by atoms with E-state index < -0.39 is 0 Å². The van der Waals surface area contributed by atoms with Gasteiger partial charge in [0.05, 0.1) is 13.2 Å². The van der Waals surface area contributed by atoms with Crippen LogP contribution in [0.3, 0.4) is 0 Å². The molecular weight excluding hydrogens is 210 g/mol.